The highest BCUT2D eigenvalue weighted by Crippen LogP contribution is 2.30. The van der Waals surface area contributed by atoms with Crippen molar-refractivity contribution in [3.8, 4) is 17.0 Å². The summed E-state index contributed by atoms with van der Waals surface area (Å²) in [4.78, 5) is 47.1. The van der Waals surface area contributed by atoms with E-state index >= 15 is 0 Å². The maximum Gasteiger partial charge on any atom is 0.339 e. The molecule has 1 aromatic heterocycles. The van der Waals surface area contributed by atoms with Crippen LogP contribution >= 0.6 is 0 Å². The summed E-state index contributed by atoms with van der Waals surface area (Å²) in [5, 5.41) is 9.70. The number of aromatic nitrogens is 2. The molecule has 1 heterocycles. The maximum atomic E-state index is 14.1. The number of carboxylic acids is 1. The minimum Gasteiger partial charge on any atom is -0.495 e. The molecule has 0 aliphatic carbocycles. The van der Waals surface area contributed by atoms with Crippen molar-refractivity contribution in [3.63, 3.8) is 0 Å². The van der Waals surface area contributed by atoms with Gasteiger partial charge in [-0.1, -0.05) is 42.5 Å². The van der Waals surface area contributed by atoms with Crippen LogP contribution in [0.5, 0.6) is 5.75 Å². The van der Waals surface area contributed by atoms with Gasteiger partial charge in [-0.05, 0) is 67.6 Å². The van der Waals surface area contributed by atoms with Crippen LogP contribution in [-0.4, -0.2) is 50.9 Å². The first-order valence-electron chi connectivity index (χ1n) is 13.5. The number of imidazole rings is 1. The second-order valence-corrected chi connectivity index (χ2v) is 10.3. The topological polar surface area (TPSA) is 165 Å². The van der Waals surface area contributed by atoms with Crippen LogP contribution in [0.15, 0.2) is 66.9 Å². The van der Waals surface area contributed by atoms with E-state index in [1.807, 2.05) is 51.1 Å². The number of hydrogen-bond acceptors (Lipinski definition) is 6. The molecular formula is C32H35N5O5. The average molecular weight is 570 g/mol. The number of primary amides is 1. The van der Waals surface area contributed by atoms with Gasteiger partial charge in [0, 0.05) is 11.1 Å². The summed E-state index contributed by atoms with van der Waals surface area (Å²) >= 11 is 0. The second kappa shape index (κ2) is 12.7. The molecule has 6 N–H and O–H groups in total. The molecule has 42 heavy (non-hydrogen) atoms. The van der Waals surface area contributed by atoms with Crippen molar-refractivity contribution < 1.29 is 24.2 Å². The van der Waals surface area contributed by atoms with Gasteiger partial charge in [0.05, 0.1) is 37.6 Å². The van der Waals surface area contributed by atoms with Crippen LogP contribution in [0.1, 0.15) is 61.8 Å². The lowest BCUT2D eigenvalue weighted by Crippen LogP contribution is -2.46. The van der Waals surface area contributed by atoms with E-state index < -0.39 is 24.0 Å². The molecule has 218 valence electrons. The third kappa shape index (κ3) is 6.34. The molecule has 4 aromatic rings. The molecule has 10 heteroatoms. The smallest absolute Gasteiger partial charge is 0.339 e. The van der Waals surface area contributed by atoms with Gasteiger partial charge < -0.3 is 31.2 Å². The predicted octanol–water partition coefficient (Wildman–Crippen LogP) is 4.16. The highest BCUT2D eigenvalue weighted by atomic mass is 16.5. The first kappa shape index (κ1) is 30.0. The Kier molecular flexibility index (Phi) is 9.07. The van der Waals surface area contributed by atoms with Crippen LogP contribution in [0.2, 0.25) is 0 Å². The number of hydrogen-bond donors (Lipinski definition) is 4. The van der Waals surface area contributed by atoms with E-state index in [1.54, 1.807) is 35.4 Å². The minimum absolute atomic E-state index is 0.00972. The number of benzene rings is 3. The molecule has 0 saturated carbocycles. The lowest BCUT2D eigenvalue weighted by molar-refractivity contribution is -0.135. The summed E-state index contributed by atoms with van der Waals surface area (Å²) in [5.41, 5.74) is 17.1. The number of H-pyrrole nitrogens is 1. The normalized spacial score (nSPS) is 12.4. The zero-order chi connectivity index (χ0) is 30.6. The number of nitrogens with one attached hydrogen (secondary N) is 1. The van der Waals surface area contributed by atoms with Gasteiger partial charge in [-0.25, -0.2) is 9.78 Å². The van der Waals surface area contributed by atoms with Gasteiger partial charge in [-0.15, -0.1) is 0 Å². The molecule has 0 aliphatic rings. The number of rotatable bonds is 11. The van der Waals surface area contributed by atoms with E-state index in [1.165, 1.54) is 13.2 Å². The number of para-hydroxylation sites is 1. The molecule has 0 aliphatic heterocycles. The number of ether oxygens (including phenoxy) is 1. The van der Waals surface area contributed by atoms with Crippen LogP contribution in [-0.2, 0) is 17.8 Å². The third-order valence-corrected chi connectivity index (χ3v) is 7.42. The van der Waals surface area contributed by atoms with Gasteiger partial charge in [-0.3, -0.25) is 9.59 Å². The quantitative estimate of drug-likeness (QED) is 0.211. The van der Waals surface area contributed by atoms with Crippen LogP contribution < -0.4 is 16.2 Å². The fourth-order valence-corrected chi connectivity index (χ4v) is 5.15. The van der Waals surface area contributed by atoms with E-state index in [0.717, 1.165) is 27.9 Å². The van der Waals surface area contributed by atoms with Gasteiger partial charge in [0.25, 0.3) is 0 Å². The Labute approximate surface area is 244 Å². The zero-order valence-corrected chi connectivity index (χ0v) is 24.0. The van der Waals surface area contributed by atoms with Gasteiger partial charge in [-0.2, -0.15) is 0 Å². The summed E-state index contributed by atoms with van der Waals surface area (Å²) in [6.45, 7) is 5.56. The number of carboxylic acid groups (broad SMARTS) is 1. The number of carbonyl (C=O) groups is 3. The summed E-state index contributed by atoms with van der Waals surface area (Å²) in [6.07, 6.45) is 1.93. The van der Waals surface area contributed by atoms with Crippen LogP contribution in [0.25, 0.3) is 11.3 Å². The lowest BCUT2D eigenvalue weighted by atomic mass is 9.93. The van der Waals surface area contributed by atoms with Crippen molar-refractivity contribution in [2.24, 2.45) is 11.5 Å². The summed E-state index contributed by atoms with van der Waals surface area (Å²) in [6, 6.07) is 16.4. The second-order valence-electron chi connectivity index (χ2n) is 10.3. The Hall–Kier alpha value is -4.96. The fourth-order valence-electron chi connectivity index (χ4n) is 5.15. The van der Waals surface area contributed by atoms with Crippen molar-refractivity contribution in [2.75, 3.05) is 7.11 Å². The number of carbonyl (C=O) groups excluding carboxylic acids is 2. The maximum absolute atomic E-state index is 14.1. The predicted molar refractivity (Wildman–Crippen MR) is 159 cm³/mol. The number of nitrogens with zero attached hydrogens (tertiary/aromatic N) is 2. The number of aromatic carboxylic acids is 1. The Morgan fingerprint density at radius 3 is 2.31 bits per heavy atom. The first-order chi connectivity index (χ1) is 20.0. The standard InChI is InChI=1S/C32H35N5O5/c1-18-13-23(29(34)38)14-19(2)25(18)15-26(33)31(39)37(17-22-11-8-12-24(32(40)41)28(22)42-4)20(3)30-35-16-27(36-30)21-9-6-5-7-10-21/h5-14,16,20,26H,15,17,33H2,1-4H3,(H2,34,38)(H,35,36)(H,40,41). The fraction of sp³-hybridized carbons (Fsp3) is 0.250. The average Bonchev–Trinajstić information content (AvgIpc) is 3.47. The Balaban J connectivity index is 1.71. The van der Waals surface area contributed by atoms with E-state index in [-0.39, 0.29) is 30.2 Å². The molecular weight excluding hydrogens is 534 g/mol. The monoisotopic (exact) mass is 569 g/mol. The summed E-state index contributed by atoms with van der Waals surface area (Å²) < 4.78 is 5.47. The zero-order valence-electron chi connectivity index (χ0n) is 24.0. The molecule has 0 bridgehead atoms. The molecule has 0 fully saturated rings. The van der Waals surface area contributed by atoms with Gasteiger partial charge in [0.15, 0.2) is 0 Å². The highest BCUT2D eigenvalue weighted by molar-refractivity contribution is 5.93. The Morgan fingerprint density at radius 1 is 1.05 bits per heavy atom. The van der Waals surface area contributed by atoms with Crippen LogP contribution in [0.3, 0.4) is 0 Å². The molecule has 10 nitrogen and oxygen atoms in total. The van der Waals surface area contributed by atoms with Crippen molar-refractivity contribution in [1.29, 1.82) is 0 Å². The summed E-state index contributed by atoms with van der Waals surface area (Å²) in [7, 11) is 1.40. The van der Waals surface area contributed by atoms with Gasteiger partial charge >= 0.3 is 5.97 Å². The molecule has 2 unspecified atom stereocenters. The molecule has 4 rings (SSSR count). The third-order valence-electron chi connectivity index (χ3n) is 7.42. The van der Waals surface area contributed by atoms with E-state index in [9.17, 15) is 19.5 Å². The number of methoxy groups -OCH3 is 1. The largest absolute Gasteiger partial charge is 0.495 e. The van der Waals surface area contributed by atoms with Crippen molar-refractivity contribution in [2.45, 2.75) is 45.8 Å². The van der Waals surface area contributed by atoms with E-state index in [0.29, 0.717) is 17.0 Å². The Bertz CT molecular complexity index is 1590. The number of amides is 2. The van der Waals surface area contributed by atoms with Crippen molar-refractivity contribution >= 4 is 17.8 Å². The highest BCUT2D eigenvalue weighted by Gasteiger charge is 2.30. The first-order valence-corrected chi connectivity index (χ1v) is 13.5. The molecule has 2 atom stereocenters. The van der Waals surface area contributed by atoms with Gasteiger partial charge in [0.1, 0.15) is 17.1 Å². The summed E-state index contributed by atoms with van der Waals surface area (Å²) in [5.74, 6) is -1.32. The Morgan fingerprint density at radius 2 is 1.71 bits per heavy atom. The molecule has 0 spiro atoms. The molecule has 2 amide bonds. The van der Waals surface area contributed by atoms with E-state index in [4.69, 9.17) is 16.2 Å². The minimum atomic E-state index is -1.14. The number of aromatic amines is 1. The molecule has 0 radical (unpaired) electrons. The molecule has 0 saturated heterocycles. The number of aryl methyl sites for hydroxylation is 2. The van der Waals surface area contributed by atoms with Gasteiger partial charge in [0.2, 0.25) is 11.8 Å². The number of nitrogens with two attached hydrogens (primary N) is 2. The van der Waals surface area contributed by atoms with E-state index in [2.05, 4.69) is 9.97 Å². The van der Waals surface area contributed by atoms with Crippen LogP contribution in [0, 0.1) is 13.8 Å². The van der Waals surface area contributed by atoms with Crippen molar-refractivity contribution in [3.05, 3.63) is 106 Å². The van der Waals surface area contributed by atoms with Crippen LogP contribution in [0.4, 0.5) is 0 Å². The van der Waals surface area contributed by atoms with Crippen molar-refractivity contribution in [1.82, 2.24) is 14.9 Å². The molecule has 3 aromatic carbocycles. The lowest BCUT2D eigenvalue weighted by Gasteiger charge is -2.31. The SMILES string of the molecule is COc1c(CN(C(=O)C(N)Cc2c(C)cc(C(N)=O)cc2C)C(C)c2ncc(-c3ccccc3)[nH]2)cccc1C(=O)O.